The predicted molar refractivity (Wildman–Crippen MR) is 93.7 cm³/mol. The third-order valence-corrected chi connectivity index (χ3v) is 4.22. The maximum absolute atomic E-state index is 12.4. The van der Waals surface area contributed by atoms with Crippen molar-refractivity contribution in [3.05, 3.63) is 58.5 Å². The van der Waals surface area contributed by atoms with Crippen LogP contribution in [-0.4, -0.2) is 18.2 Å². The van der Waals surface area contributed by atoms with Crippen LogP contribution < -0.4 is 11.1 Å². The maximum Gasteiger partial charge on any atom is 0.287 e. The Hall–Kier alpha value is -2.11. The van der Waals surface area contributed by atoms with Gasteiger partial charge in [-0.2, -0.15) is 0 Å². The minimum absolute atomic E-state index is 0. The molecule has 1 atom stereocenters. The van der Waals surface area contributed by atoms with Crippen molar-refractivity contribution in [2.45, 2.75) is 32.2 Å². The summed E-state index contributed by atoms with van der Waals surface area (Å²) >= 11 is 0. The largest absolute Gasteiger partial charge is 0.455 e. The number of Topliss-reactive ketones (excluding diaryl/α,β-unsaturated/α-hetero) is 1. The summed E-state index contributed by atoms with van der Waals surface area (Å²) in [6.07, 6.45) is 2.00. The van der Waals surface area contributed by atoms with Crippen LogP contribution >= 0.6 is 12.4 Å². The number of nitrogens with two attached hydrogens (primary N) is 1. The van der Waals surface area contributed by atoms with Gasteiger partial charge in [-0.25, -0.2) is 0 Å². The molecule has 1 aliphatic rings. The highest BCUT2D eigenvalue weighted by Crippen LogP contribution is 2.29. The molecule has 1 unspecified atom stereocenters. The van der Waals surface area contributed by atoms with E-state index in [0.717, 1.165) is 12.0 Å². The molecular formula is C18H21ClN2O3. The van der Waals surface area contributed by atoms with E-state index in [4.69, 9.17) is 10.2 Å². The second-order valence-electron chi connectivity index (χ2n) is 5.86. The minimum Gasteiger partial charge on any atom is -0.455 e. The quantitative estimate of drug-likeness (QED) is 0.889. The Bertz CT molecular complexity index is 740. The number of ketones is 1. The van der Waals surface area contributed by atoms with Gasteiger partial charge in [0.1, 0.15) is 5.76 Å². The van der Waals surface area contributed by atoms with Gasteiger partial charge in [0.2, 0.25) is 0 Å². The van der Waals surface area contributed by atoms with Crippen molar-refractivity contribution < 1.29 is 14.0 Å². The number of rotatable bonds is 4. The summed E-state index contributed by atoms with van der Waals surface area (Å²) in [5, 5.41) is 2.79. The Morgan fingerprint density at radius 3 is 2.67 bits per heavy atom. The summed E-state index contributed by atoms with van der Waals surface area (Å²) in [5.41, 5.74) is 8.26. The molecule has 0 saturated carbocycles. The molecule has 6 heteroatoms. The van der Waals surface area contributed by atoms with Crippen LogP contribution in [0, 0.1) is 6.92 Å². The smallest absolute Gasteiger partial charge is 0.287 e. The first-order chi connectivity index (χ1) is 11.1. The molecule has 0 radical (unpaired) electrons. The number of amides is 1. The van der Waals surface area contributed by atoms with Crippen molar-refractivity contribution in [3.63, 3.8) is 0 Å². The van der Waals surface area contributed by atoms with E-state index in [0.29, 0.717) is 36.3 Å². The Morgan fingerprint density at radius 1 is 1.29 bits per heavy atom. The zero-order valence-electron chi connectivity index (χ0n) is 13.5. The van der Waals surface area contributed by atoms with Crippen LogP contribution in [0.5, 0.6) is 0 Å². The standard InChI is InChI=1S/C18H20N2O3.ClH/c1-11-16-14(21)8-5-9-15(16)23-17(11)18(22)20-10-13(19)12-6-3-2-4-7-12;/h2-4,6-7,13H,5,8-10,19H2,1H3,(H,20,22);1H. The van der Waals surface area contributed by atoms with Gasteiger partial charge in [-0.15, -0.1) is 12.4 Å². The highest BCUT2D eigenvalue weighted by molar-refractivity contribution is 6.03. The number of furan rings is 1. The van der Waals surface area contributed by atoms with E-state index < -0.39 is 0 Å². The van der Waals surface area contributed by atoms with Gasteiger partial charge in [0, 0.05) is 31.0 Å². The molecule has 3 N–H and O–H groups in total. The van der Waals surface area contributed by atoms with E-state index in [1.807, 2.05) is 30.3 Å². The number of fused-ring (bicyclic) bond motifs is 1. The number of halogens is 1. The molecule has 24 heavy (non-hydrogen) atoms. The lowest BCUT2D eigenvalue weighted by Gasteiger charge is -2.12. The summed E-state index contributed by atoms with van der Waals surface area (Å²) in [4.78, 5) is 24.3. The van der Waals surface area contributed by atoms with Crippen LogP contribution in [0.2, 0.25) is 0 Å². The van der Waals surface area contributed by atoms with Crippen LogP contribution in [0.25, 0.3) is 0 Å². The van der Waals surface area contributed by atoms with Crippen molar-refractivity contribution in [1.29, 1.82) is 0 Å². The summed E-state index contributed by atoms with van der Waals surface area (Å²) in [6, 6.07) is 9.30. The molecule has 0 spiro atoms. The van der Waals surface area contributed by atoms with Crippen molar-refractivity contribution in [2.75, 3.05) is 6.54 Å². The van der Waals surface area contributed by atoms with E-state index in [-0.39, 0.29) is 35.9 Å². The van der Waals surface area contributed by atoms with Gasteiger partial charge in [0.15, 0.2) is 11.5 Å². The lowest BCUT2D eigenvalue weighted by molar-refractivity contribution is 0.0917. The van der Waals surface area contributed by atoms with E-state index in [9.17, 15) is 9.59 Å². The molecular weight excluding hydrogens is 328 g/mol. The number of benzene rings is 1. The fourth-order valence-corrected chi connectivity index (χ4v) is 2.97. The number of hydrogen-bond acceptors (Lipinski definition) is 4. The van der Waals surface area contributed by atoms with Gasteiger partial charge in [-0.3, -0.25) is 9.59 Å². The highest BCUT2D eigenvalue weighted by Gasteiger charge is 2.28. The van der Waals surface area contributed by atoms with Gasteiger partial charge in [0.05, 0.1) is 5.56 Å². The maximum atomic E-state index is 12.4. The number of carbonyl (C=O) groups excluding carboxylic acids is 2. The molecule has 1 heterocycles. The zero-order valence-corrected chi connectivity index (χ0v) is 14.3. The van der Waals surface area contributed by atoms with Crippen LogP contribution in [0.15, 0.2) is 34.7 Å². The number of hydrogen-bond donors (Lipinski definition) is 2. The summed E-state index contributed by atoms with van der Waals surface area (Å²) in [5.74, 6) is 0.602. The fraction of sp³-hybridized carbons (Fsp3) is 0.333. The van der Waals surface area contributed by atoms with Gasteiger partial charge in [-0.1, -0.05) is 30.3 Å². The Kier molecular flexibility index (Phi) is 5.80. The average Bonchev–Trinajstić information content (AvgIpc) is 2.91. The Labute approximate surface area is 147 Å². The van der Waals surface area contributed by atoms with Crippen LogP contribution in [-0.2, 0) is 6.42 Å². The second-order valence-corrected chi connectivity index (χ2v) is 5.86. The predicted octanol–water partition coefficient (Wildman–Crippen LogP) is 2.96. The van der Waals surface area contributed by atoms with Crippen LogP contribution in [0.4, 0.5) is 0 Å². The summed E-state index contributed by atoms with van der Waals surface area (Å²) in [6.45, 7) is 2.07. The van der Waals surface area contributed by atoms with Gasteiger partial charge in [0.25, 0.3) is 5.91 Å². The number of nitrogens with one attached hydrogen (secondary N) is 1. The number of aryl methyl sites for hydroxylation is 1. The third kappa shape index (κ3) is 3.52. The topological polar surface area (TPSA) is 85.3 Å². The Balaban J connectivity index is 0.00000208. The third-order valence-electron chi connectivity index (χ3n) is 4.22. The number of carbonyl (C=O) groups is 2. The highest BCUT2D eigenvalue weighted by atomic mass is 35.5. The summed E-state index contributed by atoms with van der Waals surface area (Å²) < 4.78 is 5.63. The van der Waals surface area contributed by atoms with Gasteiger partial charge in [-0.05, 0) is 18.9 Å². The van der Waals surface area contributed by atoms with E-state index in [1.54, 1.807) is 6.92 Å². The van der Waals surface area contributed by atoms with E-state index >= 15 is 0 Å². The molecule has 128 valence electrons. The molecule has 5 nitrogen and oxygen atoms in total. The van der Waals surface area contributed by atoms with E-state index in [1.165, 1.54) is 0 Å². The lowest BCUT2D eigenvalue weighted by Crippen LogP contribution is -2.32. The molecule has 1 aromatic carbocycles. The molecule has 0 saturated heterocycles. The van der Waals surface area contributed by atoms with Crippen LogP contribution in [0.3, 0.4) is 0 Å². The van der Waals surface area contributed by atoms with Gasteiger partial charge >= 0.3 is 0 Å². The average molecular weight is 349 g/mol. The van der Waals surface area contributed by atoms with Gasteiger partial charge < -0.3 is 15.5 Å². The minimum atomic E-state index is -0.323. The molecule has 3 rings (SSSR count). The monoisotopic (exact) mass is 348 g/mol. The molecule has 0 fully saturated rings. The second kappa shape index (κ2) is 7.64. The van der Waals surface area contributed by atoms with Crippen molar-refractivity contribution in [2.24, 2.45) is 5.73 Å². The first-order valence-corrected chi connectivity index (χ1v) is 7.82. The molecule has 0 bridgehead atoms. The molecule has 1 aromatic heterocycles. The molecule has 0 aliphatic heterocycles. The van der Waals surface area contributed by atoms with Crippen LogP contribution in [0.1, 0.15) is 56.7 Å². The first kappa shape index (κ1) is 18.2. The molecule has 1 aliphatic carbocycles. The van der Waals surface area contributed by atoms with Crippen molar-refractivity contribution in [3.8, 4) is 0 Å². The zero-order chi connectivity index (χ0) is 16.4. The SMILES string of the molecule is Cc1c(C(=O)NCC(N)c2ccccc2)oc2c1C(=O)CCC2.Cl. The lowest BCUT2D eigenvalue weighted by atomic mass is 9.94. The molecule has 1 amide bonds. The normalized spacial score (nSPS) is 14.5. The first-order valence-electron chi connectivity index (χ1n) is 7.82. The Morgan fingerprint density at radius 2 is 2.00 bits per heavy atom. The summed E-state index contributed by atoms with van der Waals surface area (Å²) in [7, 11) is 0. The molecule has 2 aromatic rings. The van der Waals surface area contributed by atoms with Crippen molar-refractivity contribution >= 4 is 24.1 Å². The fourth-order valence-electron chi connectivity index (χ4n) is 2.97. The van der Waals surface area contributed by atoms with Crippen molar-refractivity contribution in [1.82, 2.24) is 5.32 Å². The van der Waals surface area contributed by atoms with E-state index in [2.05, 4.69) is 5.32 Å².